The van der Waals surface area contributed by atoms with Gasteiger partial charge in [0.25, 0.3) is 0 Å². The number of Topliss-reactive ketones (excluding diaryl/α,β-unsaturated/α-hetero) is 2. The highest BCUT2D eigenvalue weighted by atomic mass is 16.6. The van der Waals surface area contributed by atoms with Crippen LogP contribution in [-0.4, -0.2) is 64.1 Å². The van der Waals surface area contributed by atoms with Crippen LogP contribution in [0.15, 0.2) is 52.7 Å². The van der Waals surface area contributed by atoms with Gasteiger partial charge in [0.1, 0.15) is 35.0 Å². The van der Waals surface area contributed by atoms with Crippen LogP contribution in [-0.2, 0) is 30.3 Å². The number of carbonyl (C=O) groups is 4. The fraction of sp³-hybridized carbons (Fsp3) is 0.524. The van der Waals surface area contributed by atoms with E-state index in [0.717, 1.165) is 12.0 Å². The third kappa shape index (κ3) is 5.93. The molecule has 4 bridgehead atoms. The second kappa shape index (κ2) is 13.2. The van der Waals surface area contributed by atoms with Gasteiger partial charge in [-0.05, 0) is 93.2 Å². The molecule has 6 aliphatic rings. The molecule has 278 valence electrons. The number of rotatable bonds is 11. The van der Waals surface area contributed by atoms with Crippen molar-refractivity contribution in [2.75, 3.05) is 13.2 Å². The van der Waals surface area contributed by atoms with Crippen molar-refractivity contribution in [2.45, 2.75) is 117 Å². The van der Waals surface area contributed by atoms with E-state index in [-0.39, 0.29) is 48.3 Å². The molecular weight excluding hydrogens is 662 g/mol. The zero-order chi connectivity index (χ0) is 38.0. The molecule has 2 N–H and O–H groups in total. The Hall–Kier alpha value is -4.44. The van der Waals surface area contributed by atoms with Crippen LogP contribution >= 0.6 is 0 Å². The van der Waals surface area contributed by atoms with E-state index < -0.39 is 46.0 Å². The molecule has 10 heteroatoms. The Bertz CT molecular complexity index is 1900. The van der Waals surface area contributed by atoms with Gasteiger partial charge in [-0.3, -0.25) is 19.2 Å². The lowest BCUT2D eigenvalue weighted by molar-refractivity contribution is -0.171. The highest BCUT2D eigenvalue weighted by Gasteiger charge is 2.81. The van der Waals surface area contributed by atoms with E-state index in [1.54, 1.807) is 19.1 Å². The number of aromatic hydroxyl groups is 1. The van der Waals surface area contributed by atoms with E-state index in [1.165, 1.54) is 12.5 Å². The fourth-order valence-electron chi connectivity index (χ4n) is 8.68. The molecule has 5 atom stereocenters. The number of fused-ring (bicyclic) bond motifs is 2. The molecule has 5 unspecified atom stereocenters. The van der Waals surface area contributed by atoms with Crippen molar-refractivity contribution in [3.63, 3.8) is 0 Å². The molecule has 3 aliphatic heterocycles. The Morgan fingerprint density at radius 3 is 2.38 bits per heavy atom. The fourth-order valence-corrected chi connectivity index (χ4v) is 8.68. The number of phenolic OH excluding ortho intramolecular Hbond substituents is 1. The largest absolute Gasteiger partial charge is 0.506 e. The molecule has 1 aromatic rings. The Balaban J connectivity index is 1.48. The van der Waals surface area contributed by atoms with Crippen molar-refractivity contribution in [1.82, 2.24) is 5.32 Å². The maximum absolute atomic E-state index is 14.9. The number of amides is 1. The SMILES string of the molecule is CC(=O)OCCNC(=O)C(C)=CCC12OC(C)(C)C3CC(C=C4C(=O)c5c(O)c6c(c(CC=C(C)C)c5OC431)OC(C)(CCC=C(C)C)C=C6)C2=O. The second-order valence-corrected chi connectivity index (χ2v) is 16.1. The lowest BCUT2D eigenvalue weighted by Crippen LogP contribution is -2.72. The van der Waals surface area contributed by atoms with Gasteiger partial charge in [-0.2, -0.15) is 0 Å². The Morgan fingerprint density at radius 1 is 1.00 bits per heavy atom. The minimum absolute atomic E-state index is 0.0205. The van der Waals surface area contributed by atoms with E-state index >= 15 is 0 Å². The minimum Gasteiger partial charge on any atom is -0.506 e. The molecule has 52 heavy (non-hydrogen) atoms. The maximum atomic E-state index is 14.9. The Kier molecular flexibility index (Phi) is 9.48. The van der Waals surface area contributed by atoms with Crippen molar-refractivity contribution in [2.24, 2.45) is 11.8 Å². The van der Waals surface area contributed by atoms with E-state index in [4.69, 9.17) is 18.9 Å². The normalized spacial score (nSPS) is 28.8. The summed E-state index contributed by atoms with van der Waals surface area (Å²) in [6.45, 7) is 17.0. The zero-order valence-electron chi connectivity index (χ0n) is 31.8. The lowest BCUT2D eigenvalue weighted by atomic mass is 9.51. The highest BCUT2D eigenvalue weighted by Crippen LogP contribution is 2.68. The molecule has 7 rings (SSSR count). The molecule has 0 aromatic heterocycles. The first-order chi connectivity index (χ1) is 24.4. The number of phenols is 1. The van der Waals surface area contributed by atoms with Crippen LogP contribution in [0.3, 0.4) is 0 Å². The van der Waals surface area contributed by atoms with E-state index in [1.807, 2.05) is 52.8 Å². The quantitative estimate of drug-likeness (QED) is 0.109. The van der Waals surface area contributed by atoms with Gasteiger partial charge in [-0.25, -0.2) is 0 Å². The summed E-state index contributed by atoms with van der Waals surface area (Å²) in [4.78, 5) is 53.6. The van der Waals surface area contributed by atoms with Gasteiger partial charge in [0.05, 0.1) is 17.7 Å². The number of nitrogens with one attached hydrogen (secondary N) is 1. The molecule has 10 nitrogen and oxygen atoms in total. The first-order valence-corrected chi connectivity index (χ1v) is 18.2. The van der Waals surface area contributed by atoms with Crippen LogP contribution in [0.5, 0.6) is 17.2 Å². The molecule has 1 saturated carbocycles. The molecule has 1 amide bonds. The summed E-state index contributed by atoms with van der Waals surface area (Å²) in [6, 6.07) is 0. The van der Waals surface area contributed by atoms with Crippen LogP contribution in [0.4, 0.5) is 0 Å². The molecule has 2 fully saturated rings. The summed E-state index contributed by atoms with van der Waals surface area (Å²) < 4.78 is 25.8. The van der Waals surface area contributed by atoms with Gasteiger partial charge in [0.15, 0.2) is 22.8 Å². The van der Waals surface area contributed by atoms with Crippen molar-refractivity contribution < 1.29 is 43.2 Å². The van der Waals surface area contributed by atoms with Crippen molar-refractivity contribution in [1.29, 1.82) is 0 Å². The Labute approximate surface area is 306 Å². The molecule has 0 radical (unpaired) electrons. The predicted octanol–water partition coefficient (Wildman–Crippen LogP) is 6.83. The third-order valence-corrected chi connectivity index (χ3v) is 11.2. The standard InChI is InChI=1S/C42H51NO9/c1-23(2)11-10-16-40(9)17-15-28-33(45)32-34(46)30-21-27-22-31-39(7,8)52-41(37(27)47,18-14-25(5)38(48)43-19-20-49-26(6)44)42(30,31)51-36(32)29(35(28)50-40)13-12-24(3)4/h11-12,14-15,17,21,27,31,45H,10,13,16,18-20,22H2,1-9H3,(H,43,48). The summed E-state index contributed by atoms with van der Waals surface area (Å²) in [6.07, 6.45) is 13.6. The number of hydrogen-bond acceptors (Lipinski definition) is 9. The summed E-state index contributed by atoms with van der Waals surface area (Å²) in [5.74, 6) is -1.99. The van der Waals surface area contributed by atoms with E-state index in [9.17, 15) is 24.3 Å². The van der Waals surface area contributed by atoms with E-state index in [0.29, 0.717) is 47.3 Å². The van der Waals surface area contributed by atoms with Gasteiger partial charge in [0.2, 0.25) is 5.91 Å². The first kappa shape index (κ1) is 37.3. The number of hydrogen-bond donors (Lipinski definition) is 2. The summed E-state index contributed by atoms with van der Waals surface area (Å²) >= 11 is 0. The summed E-state index contributed by atoms with van der Waals surface area (Å²) in [7, 11) is 0. The van der Waals surface area contributed by atoms with Crippen molar-refractivity contribution in [3.8, 4) is 17.2 Å². The average Bonchev–Trinajstić information content (AvgIpc) is 3.21. The van der Waals surface area contributed by atoms with Crippen LogP contribution in [0, 0.1) is 11.8 Å². The van der Waals surface area contributed by atoms with Crippen molar-refractivity contribution >= 4 is 29.5 Å². The van der Waals surface area contributed by atoms with Gasteiger partial charge in [-0.15, -0.1) is 0 Å². The van der Waals surface area contributed by atoms with Gasteiger partial charge >= 0.3 is 5.97 Å². The number of ketones is 2. The smallest absolute Gasteiger partial charge is 0.302 e. The molecule has 3 aliphatic carbocycles. The number of ether oxygens (including phenoxy) is 4. The molecule has 3 heterocycles. The van der Waals surface area contributed by atoms with Crippen LogP contribution in [0.1, 0.15) is 109 Å². The first-order valence-electron chi connectivity index (χ1n) is 18.2. The number of benzene rings is 1. The molecular formula is C42H51NO9. The monoisotopic (exact) mass is 713 g/mol. The van der Waals surface area contributed by atoms with Crippen LogP contribution in [0.2, 0.25) is 0 Å². The van der Waals surface area contributed by atoms with Gasteiger partial charge in [0, 0.05) is 41.9 Å². The topological polar surface area (TPSA) is 137 Å². The number of allylic oxidation sites excluding steroid dienone is 5. The molecule has 1 saturated heterocycles. The van der Waals surface area contributed by atoms with Gasteiger partial charge < -0.3 is 29.4 Å². The predicted molar refractivity (Wildman–Crippen MR) is 196 cm³/mol. The van der Waals surface area contributed by atoms with Gasteiger partial charge in [-0.1, -0.05) is 35.5 Å². The number of carbonyl (C=O) groups excluding carboxylic acids is 4. The Morgan fingerprint density at radius 2 is 1.71 bits per heavy atom. The molecule has 1 aromatic carbocycles. The van der Waals surface area contributed by atoms with Crippen LogP contribution < -0.4 is 14.8 Å². The highest BCUT2D eigenvalue weighted by molar-refractivity contribution is 6.19. The average molecular weight is 714 g/mol. The minimum atomic E-state index is -1.63. The summed E-state index contributed by atoms with van der Waals surface area (Å²) in [5, 5.41) is 14.6. The summed E-state index contributed by atoms with van der Waals surface area (Å²) in [5.41, 5.74) is -0.707. The van der Waals surface area contributed by atoms with E-state index in [2.05, 4.69) is 25.2 Å². The number of esters is 1. The lowest BCUT2D eigenvalue weighted by Gasteiger charge is -2.56. The zero-order valence-corrected chi connectivity index (χ0v) is 31.8. The van der Waals surface area contributed by atoms with Crippen LogP contribution in [0.25, 0.3) is 6.08 Å². The third-order valence-electron chi connectivity index (χ3n) is 11.2. The second-order valence-electron chi connectivity index (χ2n) is 16.1. The maximum Gasteiger partial charge on any atom is 0.302 e. The molecule has 1 spiro atoms. The van der Waals surface area contributed by atoms with Crippen molar-refractivity contribution in [3.05, 3.63) is 69.4 Å².